The quantitative estimate of drug-likeness (QED) is 0.324. The van der Waals surface area contributed by atoms with Gasteiger partial charge in [0.05, 0.1) is 19.8 Å². The molecule has 0 aliphatic heterocycles. The largest absolute Gasteiger partial charge is 0.388 e. The van der Waals surface area contributed by atoms with E-state index in [1.807, 2.05) is 0 Å². The molecule has 5 nitrogen and oxygen atoms in total. The van der Waals surface area contributed by atoms with Crippen LogP contribution in [0.3, 0.4) is 0 Å². The molecule has 0 saturated heterocycles. The van der Waals surface area contributed by atoms with Crippen LogP contribution in [0, 0.1) is 12.3 Å². The second-order valence-electron chi connectivity index (χ2n) is 2.63. The van der Waals surface area contributed by atoms with Gasteiger partial charge in [0.1, 0.15) is 12.7 Å². The average molecular weight is 305 g/mol. The predicted octanol–water partition coefficient (Wildman–Crippen LogP) is 1.76. The van der Waals surface area contributed by atoms with Gasteiger partial charge >= 0.3 is 6.07 Å². The summed E-state index contributed by atoms with van der Waals surface area (Å²) in [5.41, 5.74) is 0. The van der Waals surface area contributed by atoms with E-state index in [-0.39, 0.29) is 19.8 Å². The third-order valence-corrected chi connectivity index (χ3v) is 1.04. The van der Waals surface area contributed by atoms with E-state index >= 15 is 0 Å². The van der Waals surface area contributed by atoms with E-state index in [2.05, 4.69) is 35.0 Å². The minimum atomic E-state index is -3.69. The number of terminal acetylenes is 1. The number of ether oxygens (including phenoxy) is 2. The van der Waals surface area contributed by atoms with Crippen LogP contribution < -0.4 is 0 Å². The molecule has 0 spiro atoms. The SMILES string of the molecule is C#CCOCC(O)COCC=C.O=P(O)(Cl)Cl. The molecular formula is C9H15Cl2O5P. The summed E-state index contributed by atoms with van der Waals surface area (Å²) in [4.78, 5) is 7.61. The minimum Gasteiger partial charge on any atom is -0.388 e. The van der Waals surface area contributed by atoms with Crippen molar-refractivity contribution in [1.82, 2.24) is 0 Å². The first-order valence-electron chi connectivity index (χ1n) is 4.41. The van der Waals surface area contributed by atoms with E-state index in [1.54, 1.807) is 6.08 Å². The first-order chi connectivity index (χ1) is 7.81. The van der Waals surface area contributed by atoms with Crippen molar-refractivity contribution in [3.05, 3.63) is 12.7 Å². The normalized spacial score (nSPS) is 11.9. The molecule has 0 radical (unpaired) electrons. The molecule has 1 unspecified atom stereocenters. The monoisotopic (exact) mass is 304 g/mol. The lowest BCUT2D eigenvalue weighted by Gasteiger charge is -2.09. The topological polar surface area (TPSA) is 76.0 Å². The van der Waals surface area contributed by atoms with Crippen LogP contribution in [0.5, 0.6) is 0 Å². The lowest BCUT2D eigenvalue weighted by Crippen LogP contribution is -2.21. The Balaban J connectivity index is 0. The van der Waals surface area contributed by atoms with Gasteiger partial charge in [0, 0.05) is 0 Å². The van der Waals surface area contributed by atoms with E-state index in [0.717, 1.165) is 0 Å². The standard InChI is InChI=1S/C9H14O3.Cl2HO2P/c1-3-5-11-7-9(10)8-12-6-4-2;1-5(2,3)4/h1,4,9-10H,2,5-8H2;(H,3,4). The lowest BCUT2D eigenvalue weighted by atomic mass is 10.4. The Bertz CT molecular complexity index is 265. The van der Waals surface area contributed by atoms with Gasteiger partial charge < -0.3 is 19.5 Å². The van der Waals surface area contributed by atoms with Crippen molar-refractivity contribution in [2.45, 2.75) is 6.10 Å². The highest BCUT2D eigenvalue weighted by Crippen LogP contribution is 2.51. The van der Waals surface area contributed by atoms with Gasteiger partial charge in [0.25, 0.3) is 0 Å². The van der Waals surface area contributed by atoms with E-state index in [0.29, 0.717) is 6.61 Å². The highest BCUT2D eigenvalue weighted by molar-refractivity contribution is 8.04. The summed E-state index contributed by atoms with van der Waals surface area (Å²) in [6.07, 6.45) is 2.25. The van der Waals surface area contributed by atoms with Gasteiger partial charge in [-0.1, -0.05) is 12.0 Å². The third kappa shape index (κ3) is 31.4. The molecular weight excluding hydrogens is 290 g/mol. The fourth-order valence-corrected chi connectivity index (χ4v) is 0.589. The summed E-state index contributed by atoms with van der Waals surface area (Å²) >= 11 is 8.81. The molecule has 0 aromatic rings. The lowest BCUT2D eigenvalue weighted by molar-refractivity contribution is -0.00543. The van der Waals surface area contributed by atoms with Crippen molar-refractivity contribution in [1.29, 1.82) is 0 Å². The number of rotatable bonds is 7. The molecule has 0 amide bonds. The molecule has 0 fully saturated rings. The third-order valence-electron chi connectivity index (χ3n) is 1.04. The maximum absolute atomic E-state index is 9.30. The molecule has 0 aromatic carbocycles. The highest BCUT2D eigenvalue weighted by Gasteiger charge is 2.02. The van der Waals surface area contributed by atoms with Gasteiger partial charge in [-0.3, -0.25) is 4.57 Å². The molecule has 0 bridgehead atoms. The van der Waals surface area contributed by atoms with Crippen molar-refractivity contribution in [3.8, 4) is 12.3 Å². The van der Waals surface area contributed by atoms with Crippen LogP contribution in [0.1, 0.15) is 0 Å². The van der Waals surface area contributed by atoms with Gasteiger partial charge in [0.15, 0.2) is 0 Å². The van der Waals surface area contributed by atoms with E-state index in [9.17, 15) is 4.57 Å². The van der Waals surface area contributed by atoms with Gasteiger partial charge in [-0.25, -0.2) is 0 Å². The molecule has 0 aliphatic rings. The van der Waals surface area contributed by atoms with Crippen molar-refractivity contribution in [3.63, 3.8) is 0 Å². The smallest absolute Gasteiger partial charge is 0.377 e. The predicted molar refractivity (Wildman–Crippen MR) is 68.2 cm³/mol. The van der Waals surface area contributed by atoms with Crippen molar-refractivity contribution in [2.24, 2.45) is 0 Å². The van der Waals surface area contributed by atoms with Crippen molar-refractivity contribution in [2.75, 3.05) is 26.4 Å². The maximum Gasteiger partial charge on any atom is 0.377 e. The highest BCUT2D eigenvalue weighted by atomic mass is 35.9. The van der Waals surface area contributed by atoms with Crippen molar-refractivity contribution < 1.29 is 24.0 Å². The number of halogens is 2. The summed E-state index contributed by atoms with van der Waals surface area (Å²) in [7, 11) is 0. The van der Waals surface area contributed by atoms with E-state index in [4.69, 9.17) is 25.9 Å². The van der Waals surface area contributed by atoms with E-state index in [1.165, 1.54) is 0 Å². The fourth-order valence-electron chi connectivity index (χ4n) is 0.589. The summed E-state index contributed by atoms with van der Waals surface area (Å²) in [5.74, 6) is 2.30. The number of hydrogen-bond donors (Lipinski definition) is 2. The Morgan fingerprint density at radius 3 is 2.35 bits per heavy atom. The number of aliphatic hydroxyl groups excluding tert-OH is 1. The Kier molecular flexibility index (Phi) is 14.1. The minimum absolute atomic E-state index is 0.210. The maximum atomic E-state index is 9.30. The summed E-state index contributed by atoms with van der Waals surface area (Å²) in [6.45, 7) is 4.58. The van der Waals surface area contributed by atoms with Gasteiger partial charge in [-0.2, -0.15) is 0 Å². The molecule has 0 aliphatic carbocycles. The molecule has 0 heterocycles. The average Bonchev–Trinajstić information content (AvgIpc) is 2.16. The van der Waals surface area contributed by atoms with Crippen LogP contribution in [0.4, 0.5) is 0 Å². The van der Waals surface area contributed by atoms with Crippen LogP contribution in [-0.4, -0.2) is 42.5 Å². The van der Waals surface area contributed by atoms with Crippen LogP contribution in [-0.2, 0) is 14.0 Å². The zero-order valence-corrected chi connectivity index (χ0v) is 11.5. The second kappa shape index (κ2) is 12.4. The number of hydrogen-bond acceptors (Lipinski definition) is 4. The number of aliphatic hydroxyl groups is 1. The Morgan fingerprint density at radius 2 is 1.94 bits per heavy atom. The molecule has 0 aromatic heterocycles. The van der Waals surface area contributed by atoms with Gasteiger partial charge in [0.2, 0.25) is 0 Å². The van der Waals surface area contributed by atoms with Gasteiger partial charge in [-0.15, -0.1) is 13.0 Å². The molecule has 1 atom stereocenters. The molecule has 17 heavy (non-hydrogen) atoms. The Hall–Kier alpha value is -0.0500. The zero-order valence-electron chi connectivity index (χ0n) is 9.09. The van der Waals surface area contributed by atoms with Gasteiger partial charge in [-0.05, 0) is 22.5 Å². The van der Waals surface area contributed by atoms with Crippen LogP contribution in [0.2, 0.25) is 0 Å². The Labute approximate surface area is 110 Å². The first-order valence-corrected chi connectivity index (χ1v) is 7.88. The van der Waals surface area contributed by atoms with Crippen molar-refractivity contribution >= 4 is 28.6 Å². The Morgan fingerprint density at radius 1 is 1.47 bits per heavy atom. The summed E-state index contributed by atoms with van der Waals surface area (Å²) in [6, 6.07) is 0. The zero-order chi connectivity index (χ0) is 13.7. The first kappa shape index (κ1) is 19.3. The molecule has 8 heteroatoms. The molecule has 2 N–H and O–H groups in total. The second-order valence-corrected chi connectivity index (χ2v) is 6.77. The summed E-state index contributed by atoms with van der Waals surface area (Å²) < 4.78 is 19.2. The summed E-state index contributed by atoms with van der Waals surface area (Å²) in [5, 5.41) is 9.15. The van der Waals surface area contributed by atoms with Crippen LogP contribution in [0.15, 0.2) is 12.7 Å². The molecule has 0 saturated carbocycles. The fraction of sp³-hybridized carbons (Fsp3) is 0.556. The van der Waals surface area contributed by atoms with Crippen LogP contribution in [0.25, 0.3) is 0 Å². The van der Waals surface area contributed by atoms with Crippen LogP contribution >= 0.6 is 28.6 Å². The molecule has 100 valence electrons. The van der Waals surface area contributed by atoms with E-state index < -0.39 is 12.2 Å². The molecule has 0 rings (SSSR count).